The average molecular weight is 370 g/mol. The SMILES string of the molecule is N#Cc1ccc(-n2c3ccccc3c3cccc(C#N)c32)cc1-c1ccncc1. The Kier molecular flexibility index (Phi) is 3.83. The summed E-state index contributed by atoms with van der Waals surface area (Å²) in [4.78, 5) is 4.08. The van der Waals surface area contributed by atoms with E-state index in [1.54, 1.807) is 12.4 Å². The molecule has 4 heteroatoms. The van der Waals surface area contributed by atoms with Gasteiger partial charge in [-0.2, -0.15) is 10.5 Å². The Labute approximate surface area is 167 Å². The van der Waals surface area contributed by atoms with E-state index in [0.29, 0.717) is 11.1 Å². The van der Waals surface area contributed by atoms with Gasteiger partial charge in [0, 0.05) is 34.4 Å². The second kappa shape index (κ2) is 6.64. The topological polar surface area (TPSA) is 65.4 Å². The van der Waals surface area contributed by atoms with Gasteiger partial charge in [-0.3, -0.25) is 4.98 Å². The highest BCUT2D eigenvalue weighted by molar-refractivity contribution is 6.11. The molecule has 0 unspecified atom stereocenters. The smallest absolute Gasteiger partial charge is 0.101 e. The molecular formula is C25H14N4. The summed E-state index contributed by atoms with van der Waals surface area (Å²) in [5.74, 6) is 0. The normalized spacial score (nSPS) is 10.7. The highest BCUT2D eigenvalue weighted by Gasteiger charge is 2.16. The van der Waals surface area contributed by atoms with Crippen LogP contribution in [0, 0.1) is 22.7 Å². The average Bonchev–Trinajstić information content (AvgIpc) is 3.14. The van der Waals surface area contributed by atoms with E-state index in [9.17, 15) is 10.5 Å². The summed E-state index contributed by atoms with van der Waals surface area (Å²) in [5, 5.41) is 21.5. The van der Waals surface area contributed by atoms with Crippen LogP contribution in [0.1, 0.15) is 11.1 Å². The lowest BCUT2D eigenvalue weighted by molar-refractivity contribution is 1.17. The van der Waals surface area contributed by atoms with Crippen molar-refractivity contribution in [1.29, 1.82) is 10.5 Å². The van der Waals surface area contributed by atoms with Gasteiger partial charge in [0.15, 0.2) is 0 Å². The molecule has 0 N–H and O–H groups in total. The number of nitrogens with zero attached hydrogens (tertiary/aromatic N) is 4. The molecule has 0 aliphatic heterocycles. The second-order valence-electron chi connectivity index (χ2n) is 6.74. The lowest BCUT2D eigenvalue weighted by Crippen LogP contribution is -1.97. The Hall–Kier alpha value is -4.41. The summed E-state index contributed by atoms with van der Waals surface area (Å²) in [7, 11) is 0. The molecule has 0 aliphatic carbocycles. The van der Waals surface area contributed by atoms with Gasteiger partial charge in [-0.25, -0.2) is 0 Å². The third kappa shape index (κ3) is 2.56. The van der Waals surface area contributed by atoms with Crippen LogP contribution >= 0.6 is 0 Å². The van der Waals surface area contributed by atoms with Gasteiger partial charge in [-0.05, 0) is 48.0 Å². The van der Waals surface area contributed by atoms with Gasteiger partial charge in [0.1, 0.15) is 6.07 Å². The highest BCUT2D eigenvalue weighted by atomic mass is 15.0. The van der Waals surface area contributed by atoms with Crippen molar-refractivity contribution >= 4 is 21.8 Å². The standard InChI is InChI=1S/C25H14N4/c26-15-18-8-9-20(14-23(18)17-10-12-28-13-11-17)29-24-7-2-1-5-21(24)22-6-3-4-19(16-27)25(22)29/h1-14H. The molecule has 0 amide bonds. The van der Waals surface area contributed by atoms with Crippen LogP contribution in [-0.4, -0.2) is 9.55 Å². The molecule has 0 bridgehead atoms. The summed E-state index contributed by atoms with van der Waals surface area (Å²) < 4.78 is 2.11. The first-order valence-corrected chi connectivity index (χ1v) is 9.19. The van der Waals surface area contributed by atoms with Crippen molar-refractivity contribution in [2.45, 2.75) is 0 Å². The summed E-state index contributed by atoms with van der Waals surface area (Å²) in [6, 6.07) is 28.1. The Bertz CT molecular complexity index is 1460. The number of para-hydroxylation sites is 2. The third-order valence-corrected chi connectivity index (χ3v) is 5.19. The number of fused-ring (bicyclic) bond motifs is 3. The van der Waals surface area contributed by atoms with Crippen molar-refractivity contribution in [3.63, 3.8) is 0 Å². The molecule has 5 aromatic rings. The van der Waals surface area contributed by atoms with Crippen LogP contribution in [-0.2, 0) is 0 Å². The van der Waals surface area contributed by atoms with Crippen molar-refractivity contribution < 1.29 is 0 Å². The molecule has 0 saturated carbocycles. The summed E-state index contributed by atoms with van der Waals surface area (Å²) >= 11 is 0. The number of rotatable bonds is 2. The second-order valence-corrected chi connectivity index (χ2v) is 6.74. The van der Waals surface area contributed by atoms with Crippen LogP contribution in [0.2, 0.25) is 0 Å². The van der Waals surface area contributed by atoms with Crippen LogP contribution in [0.15, 0.2) is 85.2 Å². The zero-order valence-electron chi connectivity index (χ0n) is 15.4. The first-order chi connectivity index (χ1) is 14.3. The minimum Gasteiger partial charge on any atom is -0.308 e. The molecule has 29 heavy (non-hydrogen) atoms. The number of hydrogen-bond donors (Lipinski definition) is 0. The zero-order chi connectivity index (χ0) is 19.8. The lowest BCUT2D eigenvalue weighted by Gasteiger charge is -2.12. The quantitative estimate of drug-likeness (QED) is 0.407. The van der Waals surface area contributed by atoms with Gasteiger partial charge < -0.3 is 4.57 Å². The van der Waals surface area contributed by atoms with Crippen molar-refractivity contribution in [3.05, 3.63) is 96.3 Å². The van der Waals surface area contributed by atoms with Crippen molar-refractivity contribution in [3.8, 4) is 29.0 Å². The van der Waals surface area contributed by atoms with E-state index in [1.165, 1.54) is 0 Å². The Morgan fingerprint density at radius 2 is 1.48 bits per heavy atom. The Morgan fingerprint density at radius 1 is 0.724 bits per heavy atom. The summed E-state index contributed by atoms with van der Waals surface area (Å²) in [6.07, 6.45) is 3.44. The Balaban J connectivity index is 1.90. The van der Waals surface area contributed by atoms with Crippen LogP contribution < -0.4 is 0 Å². The molecule has 0 atom stereocenters. The van der Waals surface area contributed by atoms with E-state index in [0.717, 1.165) is 38.6 Å². The maximum Gasteiger partial charge on any atom is 0.101 e. The van der Waals surface area contributed by atoms with Crippen molar-refractivity contribution in [2.24, 2.45) is 0 Å². The molecule has 4 nitrogen and oxygen atoms in total. The molecule has 0 spiro atoms. The predicted molar refractivity (Wildman–Crippen MR) is 113 cm³/mol. The van der Waals surface area contributed by atoms with Crippen molar-refractivity contribution in [2.75, 3.05) is 0 Å². The largest absolute Gasteiger partial charge is 0.308 e. The van der Waals surface area contributed by atoms with Crippen LogP contribution in [0.3, 0.4) is 0 Å². The van der Waals surface area contributed by atoms with E-state index < -0.39 is 0 Å². The minimum absolute atomic E-state index is 0.598. The first kappa shape index (κ1) is 16.7. The maximum absolute atomic E-state index is 9.73. The van der Waals surface area contributed by atoms with Gasteiger partial charge >= 0.3 is 0 Å². The number of benzene rings is 3. The molecular weight excluding hydrogens is 356 g/mol. The third-order valence-electron chi connectivity index (χ3n) is 5.19. The molecule has 5 rings (SSSR count). The van der Waals surface area contributed by atoms with Gasteiger partial charge in [0.05, 0.1) is 28.2 Å². The molecule has 134 valence electrons. The minimum atomic E-state index is 0.598. The number of aromatic nitrogens is 2. The highest BCUT2D eigenvalue weighted by Crippen LogP contribution is 2.35. The molecule has 0 saturated heterocycles. The predicted octanol–water partition coefficient (Wildman–Crippen LogP) is 5.59. The van der Waals surface area contributed by atoms with Crippen LogP contribution in [0.4, 0.5) is 0 Å². The van der Waals surface area contributed by atoms with Crippen LogP contribution in [0.25, 0.3) is 38.6 Å². The number of hydrogen-bond acceptors (Lipinski definition) is 3. The van der Waals surface area contributed by atoms with Gasteiger partial charge in [-0.1, -0.05) is 30.3 Å². The van der Waals surface area contributed by atoms with Crippen molar-refractivity contribution in [1.82, 2.24) is 9.55 Å². The fourth-order valence-corrected chi connectivity index (χ4v) is 3.92. The van der Waals surface area contributed by atoms with E-state index in [1.807, 2.05) is 60.7 Å². The molecule has 0 radical (unpaired) electrons. The number of nitriles is 2. The first-order valence-electron chi connectivity index (χ1n) is 9.19. The lowest BCUT2D eigenvalue weighted by atomic mass is 10.0. The molecule has 3 aromatic carbocycles. The monoisotopic (exact) mass is 370 g/mol. The molecule has 0 aliphatic rings. The fourth-order valence-electron chi connectivity index (χ4n) is 3.92. The maximum atomic E-state index is 9.73. The van der Waals surface area contributed by atoms with Gasteiger partial charge in [0.2, 0.25) is 0 Å². The van der Waals surface area contributed by atoms with Crippen LogP contribution in [0.5, 0.6) is 0 Å². The Morgan fingerprint density at radius 3 is 2.28 bits per heavy atom. The van der Waals surface area contributed by atoms with E-state index in [2.05, 4.69) is 33.8 Å². The molecule has 2 aromatic heterocycles. The van der Waals surface area contributed by atoms with E-state index in [-0.39, 0.29) is 0 Å². The number of pyridine rings is 1. The summed E-state index contributed by atoms with van der Waals surface area (Å²) in [5.41, 5.74) is 5.80. The zero-order valence-corrected chi connectivity index (χ0v) is 15.4. The van der Waals surface area contributed by atoms with Gasteiger partial charge in [0.25, 0.3) is 0 Å². The molecule has 2 heterocycles. The fraction of sp³-hybridized carbons (Fsp3) is 0. The van der Waals surface area contributed by atoms with Gasteiger partial charge in [-0.15, -0.1) is 0 Å². The van der Waals surface area contributed by atoms with E-state index >= 15 is 0 Å². The summed E-state index contributed by atoms with van der Waals surface area (Å²) in [6.45, 7) is 0. The molecule has 0 fully saturated rings. The van der Waals surface area contributed by atoms with E-state index in [4.69, 9.17) is 0 Å².